The molecule has 2 rings (SSSR count). The molecule has 0 saturated heterocycles. The summed E-state index contributed by atoms with van der Waals surface area (Å²) in [5, 5.41) is 0. The molecule has 0 atom stereocenters. The van der Waals surface area contributed by atoms with Gasteiger partial charge in [-0.25, -0.2) is 9.59 Å². The molecule has 1 aromatic heterocycles. The number of hydrogen-bond acceptors (Lipinski definition) is 5. The Hall–Kier alpha value is -2.61. The fraction of sp³-hybridized carbons (Fsp3) is 0.350. The number of alkyl halides is 4. The Bertz CT molecular complexity index is 929. The normalized spacial score (nSPS) is 11.3. The van der Waals surface area contributed by atoms with Gasteiger partial charge in [0.05, 0.1) is 47.2 Å². The number of benzene rings is 1. The van der Waals surface area contributed by atoms with E-state index in [0.717, 1.165) is 12.1 Å². The van der Waals surface area contributed by atoms with Gasteiger partial charge in [0.1, 0.15) is 0 Å². The summed E-state index contributed by atoms with van der Waals surface area (Å²) in [4.78, 5) is 29.5. The van der Waals surface area contributed by atoms with Crippen molar-refractivity contribution in [3.8, 4) is 11.1 Å². The molecule has 0 aliphatic carbocycles. The molecule has 1 aromatic carbocycles. The van der Waals surface area contributed by atoms with Crippen molar-refractivity contribution >= 4 is 23.5 Å². The van der Waals surface area contributed by atoms with E-state index in [2.05, 4.69) is 4.98 Å². The number of pyridine rings is 1. The van der Waals surface area contributed by atoms with Gasteiger partial charge >= 0.3 is 18.1 Å². The van der Waals surface area contributed by atoms with Gasteiger partial charge in [0.15, 0.2) is 0 Å². The van der Waals surface area contributed by atoms with Crippen LogP contribution in [0.2, 0.25) is 0 Å². The van der Waals surface area contributed by atoms with Gasteiger partial charge in [0.25, 0.3) is 0 Å². The molecule has 0 radical (unpaired) electrons. The summed E-state index contributed by atoms with van der Waals surface area (Å²) in [5.74, 6) is -1.85. The number of esters is 2. The molecule has 1 heterocycles. The van der Waals surface area contributed by atoms with Crippen molar-refractivity contribution < 1.29 is 32.2 Å². The van der Waals surface area contributed by atoms with Gasteiger partial charge in [-0.05, 0) is 38.5 Å². The van der Waals surface area contributed by atoms with Crippen molar-refractivity contribution in [1.29, 1.82) is 0 Å². The molecule has 0 fully saturated rings. The maximum Gasteiger partial charge on any atom is 0.416 e. The van der Waals surface area contributed by atoms with Crippen molar-refractivity contribution in [1.82, 2.24) is 4.98 Å². The lowest BCUT2D eigenvalue weighted by molar-refractivity contribution is -0.137. The second-order valence-corrected chi connectivity index (χ2v) is 6.19. The Balaban J connectivity index is 2.93. The van der Waals surface area contributed by atoms with Crippen molar-refractivity contribution in [2.24, 2.45) is 0 Å². The second-order valence-electron chi connectivity index (χ2n) is 5.92. The molecule has 0 unspecified atom stereocenters. The molecule has 0 aliphatic rings. The molecule has 2 aromatic rings. The summed E-state index contributed by atoms with van der Waals surface area (Å²) in [6.07, 6.45) is -4.61. The lowest BCUT2D eigenvalue weighted by Gasteiger charge is -2.19. The third-order valence-electron chi connectivity index (χ3n) is 4.02. The van der Waals surface area contributed by atoms with Crippen LogP contribution in [0.1, 0.15) is 51.5 Å². The standard InChI is InChI=1S/C20H19ClF3NO4/c1-4-28-18(26)15-11(3)25-14(10-21)17(19(27)29-5-2)16(15)12-7-6-8-13(9-12)20(22,23)24/h6-9H,4-5,10H2,1-3H3. The zero-order chi connectivity index (χ0) is 21.8. The highest BCUT2D eigenvalue weighted by Gasteiger charge is 2.33. The number of aromatic nitrogens is 1. The summed E-state index contributed by atoms with van der Waals surface area (Å²) in [6, 6.07) is 4.32. The monoisotopic (exact) mass is 429 g/mol. The zero-order valence-electron chi connectivity index (χ0n) is 16.0. The van der Waals surface area contributed by atoms with Crippen LogP contribution in [0.15, 0.2) is 24.3 Å². The first-order valence-corrected chi connectivity index (χ1v) is 9.30. The minimum Gasteiger partial charge on any atom is -0.462 e. The van der Waals surface area contributed by atoms with Gasteiger partial charge in [0, 0.05) is 5.56 Å². The Kier molecular flexibility index (Phi) is 7.24. The van der Waals surface area contributed by atoms with E-state index in [1.165, 1.54) is 19.1 Å². The summed E-state index contributed by atoms with van der Waals surface area (Å²) >= 11 is 5.94. The number of carbonyl (C=O) groups excluding carboxylic acids is 2. The van der Waals surface area contributed by atoms with Crippen LogP contribution in [0.25, 0.3) is 11.1 Å². The van der Waals surface area contributed by atoms with Gasteiger partial charge in [-0.1, -0.05) is 12.1 Å². The predicted octanol–water partition coefficient (Wildman–Crippen LogP) is 5.17. The number of carbonyl (C=O) groups is 2. The van der Waals surface area contributed by atoms with Gasteiger partial charge in [-0.2, -0.15) is 13.2 Å². The first kappa shape index (κ1) is 22.7. The molecule has 5 nitrogen and oxygen atoms in total. The van der Waals surface area contributed by atoms with Gasteiger partial charge in [-0.3, -0.25) is 4.98 Å². The van der Waals surface area contributed by atoms with Crippen LogP contribution in [0, 0.1) is 6.92 Å². The zero-order valence-corrected chi connectivity index (χ0v) is 16.8. The minimum atomic E-state index is -4.61. The van der Waals surface area contributed by atoms with E-state index in [-0.39, 0.29) is 52.7 Å². The lowest BCUT2D eigenvalue weighted by atomic mass is 9.91. The quantitative estimate of drug-likeness (QED) is 0.468. The fourth-order valence-electron chi connectivity index (χ4n) is 2.88. The number of nitrogens with zero attached hydrogens (tertiary/aromatic N) is 1. The molecule has 0 spiro atoms. The maximum absolute atomic E-state index is 13.3. The third kappa shape index (κ3) is 4.87. The van der Waals surface area contributed by atoms with E-state index in [9.17, 15) is 22.8 Å². The topological polar surface area (TPSA) is 65.5 Å². The van der Waals surface area contributed by atoms with Crippen LogP contribution in [-0.2, 0) is 21.5 Å². The average Bonchev–Trinajstić information content (AvgIpc) is 2.66. The SMILES string of the molecule is CCOC(=O)c1c(C)nc(CCl)c(C(=O)OCC)c1-c1cccc(C(F)(F)F)c1. The van der Waals surface area contributed by atoms with E-state index >= 15 is 0 Å². The molecule has 0 N–H and O–H groups in total. The molecular weight excluding hydrogens is 411 g/mol. The van der Waals surface area contributed by atoms with Crippen LogP contribution in [0.5, 0.6) is 0 Å². The van der Waals surface area contributed by atoms with E-state index in [4.69, 9.17) is 21.1 Å². The first-order chi connectivity index (χ1) is 13.6. The summed E-state index contributed by atoms with van der Waals surface area (Å²) in [6.45, 7) is 4.71. The maximum atomic E-state index is 13.3. The average molecular weight is 430 g/mol. The van der Waals surface area contributed by atoms with Gasteiger partial charge in [0.2, 0.25) is 0 Å². The molecule has 29 heavy (non-hydrogen) atoms. The highest BCUT2D eigenvalue weighted by molar-refractivity contribution is 6.18. The van der Waals surface area contributed by atoms with Crippen LogP contribution in [0.4, 0.5) is 13.2 Å². The molecular formula is C20H19ClF3NO4. The van der Waals surface area contributed by atoms with Crippen LogP contribution in [0.3, 0.4) is 0 Å². The largest absolute Gasteiger partial charge is 0.462 e. The highest BCUT2D eigenvalue weighted by atomic mass is 35.5. The predicted molar refractivity (Wildman–Crippen MR) is 101 cm³/mol. The molecule has 0 aliphatic heterocycles. The summed E-state index contributed by atoms with van der Waals surface area (Å²) < 4.78 is 49.9. The third-order valence-corrected chi connectivity index (χ3v) is 4.27. The Morgan fingerprint density at radius 3 is 2.17 bits per heavy atom. The van der Waals surface area contributed by atoms with Gasteiger partial charge < -0.3 is 9.47 Å². The second kappa shape index (κ2) is 9.26. The fourth-order valence-corrected chi connectivity index (χ4v) is 3.07. The highest BCUT2D eigenvalue weighted by Crippen LogP contribution is 2.37. The molecule has 0 amide bonds. The molecule has 0 bridgehead atoms. The Labute approximate surface area is 170 Å². The molecule has 0 saturated carbocycles. The van der Waals surface area contributed by atoms with Crippen LogP contribution < -0.4 is 0 Å². The van der Waals surface area contributed by atoms with Crippen LogP contribution in [-0.4, -0.2) is 30.1 Å². The van der Waals surface area contributed by atoms with Crippen molar-refractivity contribution in [3.63, 3.8) is 0 Å². The van der Waals surface area contributed by atoms with Crippen LogP contribution >= 0.6 is 11.6 Å². The number of aryl methyl sites for hydroxylation is 1. The van der Waals surface area contributed by atoms with E-state index in [1.807, 2.05) is 0 Å². The first-order valence-electron chi connectivity index (χ1n) is 8.76. The number of halogens is 4. The van der Waals surface area contributed by atoms with E-state index < -0.39 is 23.7 Å². The Morgan fingerprint density at radius 1 is 1.07 bits per heavy atom. The van der Waals surface area contributed by atoms with Crippen molar-refractivity contribution in [2.75, 3.05) is 13.2 Å². The lowest BCUT2D eigenvalue weighted by Crippen LogP contribution is -2.18. The van der Waals surface area contributed by atoms with Crippen molar-refractivity contribution in [2.45, 2.75) is 32.8 Å². The number of rotatable bonds is 6. The number of hydrogen-bond donors (Lipinski definition) is 0. The number of ether oxygens (including phenoxy) is 2. The molecule has 156 valence electrons. The summed E-state index contributed by atoms with van der Waals surface area (Å²) in [5.41, 5.74) is -0.957. The summed E-state index contributed by atoms with van der Waals surface area (Å²) in [7, 11) is 0. The van der Waals surface area contributed by atoms with Crippen molar-refractivity contribution in [3.05, 3.63) is 52.3 Å². The van der Waals surface area contributed by atoms with Gasteiger partial charge in [-0.15, -0.1) is 11.6 Å². The molecule has 9 heteroatoms. The minimum absolute atomic E-state index is 0.00259. The Morgan fingerprint density at radius 2 is 1.66 bits per heavy atom. The smallest absolute Gasteiger partial charge is 0.416 e. The van der Waals surface area contributed by atoms with E-state index in [0.29, 0.717) is 0 Å². The van der Waals surface area contributed by atoms with E-state index in [1.54, 1.807) is 13.8 Å².